The molecule has 120 valence electrons. The smallest absolute Gasteiger partial charge is 0.345 e. The normalized spacial score (nSPS) is 10.2. The van der Waals surface area contributed by atoms with E-state index in [-0.39, 0.29) is 16.5 Å². The van der Waals surface area contributed by atoms with Crippen molar-refractivity contribution in [2.45, 2.75) is 6.92 Å². The van der Waals surface area contributed by atoms with Gasteiger partial charge in [-0.3, -0.25) is 20.2 Å². The van der Waals surface area contributed by atoms with E-state index in [1.54, 1.807) is 6.92 Å². The molecule has 2 aromatic rings. The number of nitro benzene ring substituents is 1. The molecule has 1 amide bonds. The molecule has 0 radical (unpaired) electrons. The molecule has 1 heterocycles. The number of aromatic nitrogens is 1. The molecule has 0 atom stereocenters. The number of carbonyl (C=O) groups excluding carboxylic acids is 2. The Morgan fingerprint density at radius 2 is 2.17 bits per heavy atom. The van der Waals surface area contributed by atoms with Crippen LogP contribution in [0.2, 0.25) is 5.02 Å². The molecule has 9 nitrogen and oxygen atoms in total. The third-order valence-electron chi connectivity index (χ3n) is 2.60. The van der Waals surface area contributed by atoms with Crippen LogP contribution in [0.5, 0.6) is 0 Å². The maximum atomic E-state index is 11.9. The van der Waals surface area contributed by atoms with E-state index in [1.807, 2.05) is 0 Å². The first kappa shape index (κ1) is 16.4. The number of ether oxygens (including phenoxy) is 1. The van der Waals surface area contributed by atoms with Gasteiger partial charge in [0, 0.05) is 17.2 Å². The van der Waals surface area contributed by atoms with Gasteiger partial charge in [0.05, 0.1) is 10.6 Å². The average molecular weight is 340 g/mol. The molecule has 1 aromatic carbocycles. The molecular formula is C13H10ClN3O6. The second-order valence-corrected chi connectivity index (χ2v) is 4.81. The molecule has 0 spiro atoms. The Morgan fingerprint density at radius 1 is 1.43 bits per heavy atom. The first-order valence-corrected chi connectivity index (χ1v) is 6.59. The van der Waals surface area contributed by atoms with Crippen molar-refractivity contribution in [3.05, 3.63) is 50.7 Å². The minimum absolute atomic E-state index is 0.0982. The predicted molar refractivity (Wildman–Crippen MR) is 78.3 cm³/mol. The van der Waals surface area contributed by atoms with E-state index >= 15 is 0 Å². The van der Waals surface area contributed by atoms with E-state index in [0.717, 1.165) is 12.1 Å². The summed E-state index contributed by atoms with van der Waals surface area (Å²) < 4.78 is 9.50. The van der Waals surface area contributed by atoms with Crippen LogP contribution in [0.15, 0.2) is 28.8 Å². The van der Waals surface area contributed by atoms with E-state index in [0.29, 0.717) is 5.69 Å². The van der Waals surface area contributed by atoms with Gasteiger partial charge in [-0.25, -0.2) is 4.79 Å². The maximum absolute atomic E-state index is 11.9. The molecule has 0 aliphatic rings. The van der Waals surface area contributed by atoms with Crippen molar-refractivity contribution in [1.29, 1.82) is 0 Å². The van der Waals surface area contributed by atoms with E-state index in [4.69, 9.17) is 20.9 Å². The molecular weight excluding hydrogens is 330 g/mol. The number of esters is 1. The Morgan fingerprint density at radius 3 is 2.78 bits per heavy atom. The largest absolute Gasteiger partial charge is 0.452 e. The van der Waals surface area contributed by atoms with Gasteiger partial charge in [-0.1, -0.05) is 16.8 Å². The highest BCUT2D eigenvalue weighted by Gasteiger charge is 2.22. The van der Waals surface area contributed by atoms with Crippen molar-refractivity contribution in [3.63, 3.8) is 0 Å². The lowest BCUT2D eigenvalue weighted by molar-refractivity contribution is -0.385. The van der Waals surface area contributed by atoms with Crippen LogP contribution in [0.1, 0.15) is 16.1 Å². The van der Waals surface area contributed by atoms with Gasteiger partial charge in [0.1, 0.15) is 5.56 Å². The lowest BCUT2D eigenvalue weighted by Crippen LogP contribution is -2.21. The number of nitrogens with zero attached hydrogens (tertiary/aromatic N) is 2. The van der Waals surface area contributed by atoms with Gasteiger partial charge < -0.3 is 9.26 Å². The van der Waals surface area contributed by atoms with Gasteiger partial charge in [-0.05, 0) is 19.1 Å². The monoisotopic (exact) mass is 339 g/mol. The summed E-state index contributed by atoms with van der Waals surface area (Å²) in [5.74, 6) is -1.59. The molecule has 0 saturated heterocycles. The Kier molecular flexibility index (Phi) is 4.91. The molecule has 23 heavy (non-hydrogen) atoms. The fraction of sp³-hybridized carbons (Fsp3) is 0.154. The highest BCUT2D eigenvalue weighted by molar-refractivity contribution is 6.31. The Balaban J connectivity index is 1.99. The van der Waals surface area contributed by atoms with E-state index in [1.165, 1.54) is 12.1 Å². The molecule has 0 aliphatic heterocycles. The predicted octanol–water partition coefficient (Wildman–Crippen LogP) is 2.34. The van der Waals surface area contributed by atoms with Crippen LogP contribution in [0.3, 0.4) is 0 Å². The number of halogens is 1. The van der Waals surface area contributed by atoms with Crippen LogP contribution in [-0.2, 0) is 9.53 Å². The lowest BCUT2D eigenvalue weighted by atomic mass is 10.2. The summed E-state index contributed by atoms with van der Waals surface area (Å²) >= 11 is 5.65. The molecule has 0 aliphatic carbocycles. The second kappa shape index (κ2) is 6.88. The summed E-state index contributed by atoms with van der Waals surface area (Å²) in [4.78, 5) is 33.6. The molecule has 2 rings (SSSR count). The summed E-state index contributed by atoms with van der Waals surface area (Å²) in [5.41, 5.74) is -0.245. The number of nitro groups is 1. The fourth-order valence-corrected chi connectivity index (χ4v) is 1.80. The zero-order chi connectivity index (χ0) is 17.0. The summed E-state index contributed by atoms with van der Waals surface area (Å²) in [7, 11) is 0. The van der Waals surface area contributed by atoms with Crippen molar-refractivity contribution < 1.29 is 23.8 Å². The topological polar surface area (TPSA) is 125 Å². The number of hydrogen-bond donors (Lipinski definition) is 1. The molecule has 0 fully saturated rings. The number of amides is 1. The van der Waals surface area contributed by atoms with Gasteiger partial charge in [-0.15, -0.1) is 0 Å². The molecule has 0 unspecified atom stereocenters. The van der Waals surface area contributed by atoms with Crippen molar-refractivity contribution in [3.8, 4) is 0 Å². The van der Waals surface area contributed by atoms with Crippen LogP contribution in [-0.4, -0.2) is 28.6 Å². The first-order chi connectivity index (χ1) is 10.9. The number of hydrogen-bond acceptors (Lipinski definition) is 7. The number of anilines is 1. The Labute approximate surface area is 134 Å². The quantitative estimate of drug-likeness (QED) is 0.503. The average Bonchev–Trinajstić information content (AvgIpc) is 2.89. The fourth-order valence-electron chi connectivity index (χ4n) is 1.63. The zero-order valence-electron chi connectivity index (χ0n) is 11.7. The second-order valence-electron chi connectivity index (χ2n) is 4.38. The molecule has 1 aromatic heterocycles. The van der Waals surface area contributed by atoms with Gasteiger partial charge in [0.2, 0.25) is 5.88 Å². The third-order valence-corrected chi connectivity index (χ3v) is 2.84. The highest BCUT2D eigenvalue weighted by Crippen LogP contribution is 2.23. The van der Waals surface area contributed by atoms with Crippen LogP contribution in [0.25, 0.3) is 0 Å². The highest BCUT2D eigenvalue weighted by atomic mass is 35.5. The van der Waals surface area contributed by atoms with Crippen molar-refractivity contribution in [2.75, 3.05) is 11.9 Å². The minimum Gasteiger partial charge on any atom is -0.452 e. The van der Waals surface area contributed by atoms with E-state index in [2.05, 4.69) is 10.5 Å². The molecule has 1 N–H and O–H groups in total. The SMILES string of the molecule is Cc1cc(NC(=O)COC(=O)c2ccc(Cl)cc2[N+](=O)[O-])on1. The summed E-state index contributed by atoms with van der Waals surface area (Å²) in [6.45, 7) is 1.03. The van der Waals surface area contributed by atoms with Gasteiger partial charge >= 0.3 is 5.97 Å². The van der Waals surface area contributed by atoms with E-state index in [9.17, 15) is 19.7 Å². The molecule has 10 heteroatoms. The van der Waals surface area contributed by atoms with Crippen molar-refractivity contribution in [2.24, 2.45) is 0 Å². The van der Waals surface area contributed by atoms with E-state index < -0.39 is 29.1 Å². The van der Waals surface area contributed by atoms with Gasteiger partial charge in [0.15, 0.2) is 6.61 Å². The molecule has 0 bridgehead atoms. The van der Waals surface area contributed by atoms with Crippen LogP contribution in [0.4, 0.5) is 11.6 Å². The standard InChI is InChI=1S/C13H10ClN3O6/c1-7-4-12(23-16-7)15-11(18)6-22-13(19)9-3-2-8(14)5-10(9)17(20)21/h2-5H,6H2,1H3,(H,15,18). The number of rotatable bonds is 5. The summed E-state index contributed by atoms with van der Waals surface area (Å²) in [6, 6.07) is 4.96. The van der Waals surface area contributed by atoms with Crippen LogP contribution < -0.4 is 5.32 Å². The van der Waals surface area contributed by atoms with Crippen LogP contribution >= 0.6 is 11.6 Å². The van der Waals surface area contributed by atoms with Gasteiger partial charge in [0.25, 0.3) is 11.6 Å². The van der Waals surface area contributed by atoms with Gasteiger partial charge in [-0.2, -0.15) is 0 Å². The number of aryl methyl sites for hydroxylation is 1. The zero-order valence-corrected chi connectivity index (χ0v) is 12.5. The number of nitrogens with one attached hydrogen (secondary N) is 1. The lowest BCUT2D eigenvalue weighted by Gasteiger charge is -2.05. The maximum Gasteiger partial charge on any atom is 0.345 e. The number of carbonyl (C=O) groups is 2. The first-order valence-electron chi connectivity index (χ1n) is 6.21. The third kappa shape index (κ3) is 4.27. The van der Waals surface area contributed by atoms with Crippen LogP contribution in [0, 0.1) is 17.0 Å². The van der Waals surface area contributed by atoms with Crippen molar-refractivity contribution >= 4 is 35.0 Å². The van der Waals surface area contributed by atoms with Crippen molar-refractivity contribution in [1.82, 2.24) is 5.16 Å². The minimum atomic E-state index is -1.02. The number of benzene rings is 1. The summed E-state index contributed by atoms with van der Waals surface area (Å²) in [6.07, 6.45) is 0. The Hall–Kier alpha value is -2.94. The molecule has 0 saturated carbocycles. The Bertz CT molecular complexity index is 773. The summed E-state index contributed by atoms with van der Waals surface area (Å²) in [5, 5.41) is 16.9.